The second-order valence-electron chi connectivity index (χ2n) is 2.91. The van der Waals surface area contributed by atoms with E-state index in [1.54, 1.807) is 31.2 Å². The predicted octanol–water partition coefficient (Wildman–Crippen LogP) is 2.53. The highest BCUT2D eigenvalue weighted by Crippen LogP contribution is 2.22. The molecule has 1 aromatic carbocycles. The molecule has 0 aromatic heterocycles. The van der Waals surface area contributed by atoms with Crippen LogP contribution in [0.2, 0.25) is 5.02 Å². The van der Waals surface area contributed by atoms with Gasteiger partial charge < -0.3 is 5.11 Å². The van der Waals surface area contributed by atoms with E-state index in [1.165, 1.54) is 0 Å². The lowest BCUT2D eigenvalue weighted by Gasteiger charge is -2.12. The smallest absolute Gasteiger partial charge is 0.0945 e. The van der Waals surface area contributed by atoms with Crippen molar-refractivity contribution in [3.05, 3.63) is 34.9 Å². The second-order valence-corrected chi connectivity index (χ2v) is 3.35. The molecule has 0 spiro atoms. The van der Waals surface area contributed by atoms with Crippen molar-refractivity contribution >= 4 is 11.6 Å². The molecule has 0 saturated heterocycles. The number of aliphatic hydroxyl groups is 1. The van der Waals surface area contributed by atoms with Gasteiger partial charge >= 0.3 is 0 Å². The summed E-state index contributed by atoms with van der Waals surface area (Å²) in [5.41, 5.74) is 0.721. The maximum atomic E-state index is 9.61. The Balaban J connectivity index is 2.84. The molecule has 1 rings (SSSR count). The van der Waals surface area contributed by atoms with E-state index in [9.17, 15) is 5.11 Å². The molecule has 1 aromatic rings. The molecule has 0 bridgehead atoms. The van der Waals surface area contributed by atoms with Gasteiger partial charge in [-0.15, -0.1) is 0 Å². The Morgan fingerprint density at radius 2 is 1.92 bits per heavy atom. The van der Waals surface area contributed by atoms with Crippen LogP contribution in [0.15, 0.2) is 24.3 Å². The highest BCUT2D eigenvalue weighted by molar-refractivity contribution is 6.30. The first-order chi connectivity index (χ1) is 6.15. The molecule has 68 valence electrons. The van der Waals surface area contributed by atoms with E-state index >= 15 is 0 Å². The summed E-state index contributed by atoms with van der Waals surface area (Å²) < 4.78 is 0. The van der Waals surface area contributed by atoms with Crippen LogP contribution in [-0.2, 0) is 0 Å². The molecule has 0 radical (unpaired) electrons. The Kier molecular flexibility index (Phi) is 3.30. The highest BCUT2D eigenvalue weighted by Gasteiger charge is 2.14. The minimum Gasteiger partial charge on any atom is -0.387 e. The van der Waals surface area contributed by atoms with E-state index in [4.69, 9.17) is 16.9 Å². The summed E-state index contributed by atoms with van der Waals surface area (Å²) in [6.07, 6.45) is -0.734. The molecule has 1 N–H and O–H groups in total. The zero-order chi connectivity index (χ0) is 9.84. The third kappa shape index (κ3) is 2.45. The molecule has 2 atom stereocenters. The average molecular weight is 196 g/mol. The van der Waals surface area contributed by atoms with Crippen molar-refractivity contribution in [3.8, 4) is 6.07 Å². The van der Waals surface area contributed by atoms with Gasteiger partial charge in [0.1, 0.15) is 0 Å². The minimum atomic E-state index is -0.734. The van der Waals surface area contributed by atoms with Crippen molar-refractivity contribution in [2.45, 2.75) is 13.0 Å². The molecule has 13 heavy (non-hydrogen) atoms. The third-order valence-electron chi connectivity index (χ3n) is 1.89. The zero-order valence-electron chi connectivity index (χ0n) is 7.24. The first kappa shape index (κ1) is 10.0. The molecule has 0 aliphatic rings. The Morgan fingerprint density at radius 3 is 2.38 bits per heavy atom. The van der Waals surface area contributed by atoms with Crippen LogP contribution in [0.3, 0.4) is 0 Å². The molecular weight excluding hydrogens is 186 g/mol. The number of hydrogen-bond donors (Lipinski definition) is 1. The molecule has 0 saturated carbocycles. The lowest BCUT2D eigenvalue weighted by atomic mass is 9.99. The fourth-order valence-electron chi connectivity index (χ4n) is 1.02. The van der Waals surface area contributed by atoms with Crippen LogP contribution >= 0.6 is 11.6 Å². The quantitative estimate of drug-likeness (QED) is 0.788. The predicted molar refractivity (Wildman–Crippen MR) is 51.2 cm³/mol. The summed E-state index contributed by atoms with van der Waals surface area (Å²) in [7, 11) is 0. The Hall–Kier alpha value is -1.04. The third-order valence-corrected chi connectivity index (χ3v) is 2.14. The Bertz CT molecular complexity index is 315. The summed E-state index contributed by atoms with van der Waals surface area (Å²) in [5.74, 6) is -0.402. The number of halogens is 1. The fourth-order valence-corrected chi connectivity index (χ4v) is 1.15. The van der Waals surface area contributed by atoms with Crippen LogP contribution in [0.5, 0.6) is 0 Å². The number of hydrogen-bond acceptors (Lipinski definition) is 2. The molecule has 0 aliphatic carbocycles. The standard InChI is InChI=1S/C10H10ClNO/c1-7(6-12)10(13)8-2-4-9(11)5-3-8/h2-5,7,10,13H,1H3/t7-,10+/m1/s1. The first-order valence-electron chi connectivity index (χ1n) is 3.98. The molecule has 0 heterocycles. The van der Waals surface area contributed by atoms with Crippen molar-refractivity contribution in [1.82, 2.24) is 0 Å². The topological polar surface area (TPSA) is 44.0 Å². The zero-order valence-corrected chi connectivity index (χ0v) is 7.99. The van der Waals surface area contributed by atoms with Crippen molar-refractivity contribution in [1.29, 1.82) is 5.26 Å². The Morgan fingerprint density at radius 1 is 1.38 bits per heavy atom. The largest absolute Gasteiger partial charge is 0.387 e. The molecule has 0 amide bonds. The van der Waals surface area contributed by atoms with E-state index < -0.39 is 12.0 Å². The van der Waals surface area contributed by atoms with Crippen molar-refractivity contribution < 1.29 is 5.11 Å². The van der Waals surface area contributed by atoms with Crippen LogP contribution in [0, 0.1) is 17.2 Å². The van der Waals surface area contributed by atoms with Crippen LogP contribution < -0.4 is 0 Å². The van der Waals surface area contributed by atoms with E-state index in [-0.39, 0.29) is 0 Å². The van der Waals surface area contributed by atoms with E-state index in [0.29, 0.717) is 5.02 Å². The number of rotatable bonds is 2. The number of nitriles is 1. The van der Waals surface area contributed by atoms with Gasteiger partial charge in [0.05, 0.1) is 18.1 Å². The van der Waals surface area contributed by atoms with Gasteiger partial charge in [-0.3, -0.25) is 0 Å². The van der Waals surface area contributed by atoms with Gasteiger partial charge in [-0.25, -0.2) is 0 Å². The van der Waals surface area contributed by atoms with Gasteiger partial charge in [0.15, 0.2) is 0 Å². The molecule has 0 fully saturated rings. The van der Waals surface area contributed by atoms with Gasteiger partial charge in [0.2, 0.25) is 0 Å². The summed E-state index contributed by atoms with van der Waals surface area (Å²) in [5, 5.41) is 18.8. The highest BCUT2D eigenvalue weighted by atomic mass is 35.5. The van der Waals surface area contributed by atoms with Gasteiger partial charge in [0.25, 0.3) is 0 Å². The SMILES string of the molecule is C[C@H](C#N)[C@H](O)c1ccc(Cl)cc1. The molecule has 0 aliphatic heterocycles. The van der Waals surface area contributed by atoms with E-state index in [0.717, 1.165) is 5.56 Å². The number of aliphatic hydroxyl groups excluding tert-OH is 1. The van der Waals surface area contributed by atoms with E-state index in [1.807, 2.05) is 6.07 Å². The average Bonchev–Trinajstić information content (AvgIpc) is 2.17. The Labute approximate surface area is 82.4 Å². The maximum absolute atomic E-state index is 9.61. The van der Waals surface area contributed by atoms with Gasteiger partial charge in [-0.05, 0) is 24.6 Å². The van der Waals surface area contributed by atoms with Crippen molar-refractivity contribution in [3.63, 3.8) is 0 Å². The van der Waals surface area contributed by atoms with Gasteiger partial charge in [0, 0.05) is 5.02 Å². The number of nitrogens with zero attached hydrogens (tertiary/aromatic N) is 1. The summed E-state index contributed by atoms with van der Waals surface area (Å²) >= 11 is 5.68. The number of benzene rings is 1. The van der Waals surface area contributed by atoms with Crippen LogP contribution in [0.1, 0.15) is 18.6 Å². The molecule has 0 unspecified atom stereocenters. The van der Waals surface area contributed by atoms with Crippen LogP contribution in [0.25, 0.3) is 0 Å². The monoisotopic (exact) mass is 195 g/mol. The maximum Gasteiger partial charge on any atom is 0.0945 e. The lowest BCUT2D eigenvalue weighted by molar-refractivity contribution is 0.143. The molecular formula is C10H10ClNO. The summed E-state index contributed by atoms with van der Waals surface area (Å²) in [6, 6.07) is 8.84. The second kappa shape index (κ2) is 4.27. The summed E-state index contributed by atoms with van der Waals surface area (Å²) in [4.78, 5) is 0. The van der Waals surface area contributed by atoms with Gasteiger partial charge in [-0.1, -0.05) is 23.7 Å². The van der Waals surface area contributed by atoms with Crippen LogP contribution in [0.4, 0.5) is 0 Å². The minimum absolute atomic E-state index is 0.402. The lowest BCUT2D eigenvalue weighted by Crippen LogP contribution is -2.06. The van der Waals surface area contributed by atoms with Crippen LogP contribution in [-0.4, -0.2) is 5.11 Å². The summed E-state index contributed by atoms with van der Waals surface area (Å²) in [6.45, 7) is 1.68. The molecule has 2 nitrogen and oxygen atoms in total. The van der Waals surface area contributed by atoms with Crippen molar-refractivity contribution in [2.75, 3.05) is 0 Å². The molecule has 3 heteroatoms. The van der Waals surface area contributed by atoms with Gasteiger partial charge in [-0.2, -0.15) is 5.26 Å². The fraction of sp³-hybridized carbons (Fsp3) is 0.300. The normalized spacial score (nSPS) is 14.6. The first-order valence-corrected chi connectivity index (χ1v) is 4.36. The van der Waals surface area contributed by atoms with Crippen molar-refractivity contribution in [2.24, 2.45) is 5.92 Å². The van der Waals surface area contributed by atoms with E-state index in [2.05, 4.69) is 0 Å².